The molecule has 1 aromatic carbocycles. The fraction of sp³-hybridized carbons (Fsp3) is 0.333. The number of carboxylic acids is 2. The smallest absolute Gasteiger partial charge is 0.337 e. The van der Waals surface area contributed by atoms with E-state index in [0.717, 1.165) is 18.2 Å². The molecule has 0 saturated heterocycles. The summed E-state index contributed by atoms with van der Waals surface area (Å²) in [5.74, 6) is -2.93. The van der Waals surface area contributed by atoms with Gasteiger partial charge < -0.3 is 20.1 Å². The molecule has 0 radical (unpaired) electrons. The maximum absolute atomic E-state index is 12.0. The molecule has 0 amide bonds. The molecule has 0 saturated carbocycles. The molecular weight excluding hydrogens is 320 g/mol. The molecule has 0 unspecified atom stereocenters. The van der Waals surface area contributed by atoms with E-state index in [9.17, 15) is 18.0 Å². The van der Waals surface area contributed by atoms with Crippen LogP contribution in [0.3, 0.4) is 0 Å². The lowest BCUT2D eigenvalue weighted by Crippen LogP contribution is -2.16. The fourth-order valence-electron chi connectivity index (χ4n) is 1.47. The minimum absolute atomic E-state index is 0.00170. The lowest BCUT2D eigenvalue weighted by molar-refractivity contribution is 0.0674. The molecule has 0 heterocycles. The number of rotatable bonds is 9. The predicted octanol–water partition coefficient (Wildman–Crippen LogP) is -0.203. The summed E-state index contributed by atoms with van der Waals surface area (Å²) in [6.07, 6.45) is 0. The van der Waals surface area contributed by atoms with Crippen molar-refractivity contribution in [2.24, 2.45) is 0 Å². The van der Waals surface area contributed by atoms with Gasteiger partial charge >= 0.3 is 11.9 Å². The molecule has 0 aromatic heterocycles. The third kappa shape index (κ3) is 4.77. The van der Waals surface area contributed by atoms with Gasteiger partial charge in [-0.3, -0.25) is 4.18 Å². The third-order valence-electron chi connectivity index (χ3n) is 2.43. The molecule has 22 heavy (non-hydrogen) atoms. The van der Waals surface area contributed by atoms with Gasteiger partial charge in [0.05, 0.1) is 37.6 Å². The zero-order valence-electron chi connectivity index (χ0n) is 11.3. The molecule has 0 bridgehead atoms. The number of ether oxygens (including phenoxy) is 1. The van der Waals surface area contributed by atoms with E-state index in [1.165, 1.54) is 0 Å². The quantitative estimate of drug-likeness (QED) is 0.412. The minimum atomic E-state index is -4.47. The Morgan fingerprint density at radius 2 is 1.73 bits per heavy atom. The van der Waals surface area contributed by atoms with Crippen LogP contribution in [0.1, 0.15) is 20.7 Å². The largest absolute Gasteiger partial charge is 0.478 e. The Hall–Kier alpha value is -2.01. The van der Waals surface area contributed by atoms with Gasteiger partial charge in [-0.15, -0.1) is 0 Å². The first-order chi connectivity index (χ1) is 10.3. The van der Waals surface area contributed by atoms with Gasteiger partial charge in [0.2, 0.25) is 0 Å². The Labute approximate surface area is 125 Å². The van der Waals surface area contributed by atoms with Crippen molar-refractivity contribution in [3.63, 3.8) is 0 Å². The second-order valence-corrected chi connectivity index (χ2v) is 5.52. The lowest BCUT2D eigenvalue weighted by Gasteiger charge is -2.09. The summed E-state index contributed by atoms with van der Waals surface area (Å²) < 4.78 is 33.4. The molecular formula is C12H14O9S. The van der Waals surface area contributed by atoms with E-state index in [-0.39, 0.29) is 25.4 Å². The van der Waals surface area contributed by atoms with E-state index < -0.39 is 39.1 Å². The summed E-state index contributed by atoms with van der Waals surface area (Å²) in [5, 5.41) is 26.3. The molecule has 9 nitrogen and oxygen atoms in total. The summed E-state index contributed by atoms with van der Waals surface area (Å²) in [6.45, 7) is -0.783. The van der Waals surface area contributed by atoms with E-state index in [2.05, 4.69) is 4.18 Å². The fourth-order valence-corrected chi connectivity index (χ4v) is 2.58. The van der Waals surface area contributed by atoms with Gasteiger partial charge in [0.25, 0.3) is 10.1 Å². The Bertz CT molecular complexity index is 651. The van der Waals surface area contributed by atoms with Crippen LogP contribution in [0.5, 0.6) is 0 Å². The molecule has 0 fully saturated rings. The number of aromatic carboxylic acids is 2. The van der Waals surface area contributed by atoms with Crippen LogP contribution in [0.15, 0.2) is 23.1 Å². The molecule has 0 spiro atoms. The van der Waals surface area contributed by atoms with Crippen LogP contribution < -0.4 is 0 Å². The molecule has 1 rings (SSSR count). The van der Waals surface area contributed by atoms with Crippen molar-refractivity contribution in [1.82, 2.24) is 0 Å². The van der Waals surface area contributed by atoms with Gasteiger partial charge in [-0.25, -0.2) is 9.59 Å². The molecule has 0 aliphatic heterocycles. The number of carboxylic acid groups (broad SMARTS) is 2. The maximum atomic E-state index is 12.0. The molecule has 3 N–H and O–H groups in total. The number of carbonyl (C=O) groups is 2. The van der Waals surface area contributed by atoms with Gasteiger partial charge in [0, 0.05) is 0 Å². The first kappa shape index (κ1) is 18.0. The van der Waals surface area contributed by atoms with Crippen LogP contribution in [0.4, 0.5) is 0 Å². The Morgan fingerprint density at radius 1 is 1.05 bits per heavy atom. The van der Waals surface area contributed by atoms with E-state index in [4.69, 9.17) is 20.1 Å². The van der Waals surface area contributed by atoms with Gasteiger partial charge in [0.1, 0.15) is 4.90 Å². The van der Waals surface area contributed by atoms with Crippen molar-refractivity contribution in [2.75, 3.05) is 26.4 Å². The SMILES string of the molecule is O=C(O)c1ccc(C(=O)O)c(S(=O)(=O)OCCOCCO)c1. The topological polar surface area (TPSA) is 147 Å². The van der Waals surface area contributed by atoms with Gasteiger partial charge in [-0.05, 0) is 18.2 Å². The average Bonchev–Trinajstić information content (AvgIpc) is 2.46. The Morgan fingerprint density at radius 3 is 2.27 bits per heavy atom. The first-order valence-electron chi connectivity index (χ1n) is 5.98. The Kier molecular flexibility index (Phi) is 6.43. The molecule has 10 heteroatoms. The number of benzene rings is 1. The number of aliphatic hydroxyl groups is 1. The molecule has 0 aliphatic rings. The number of aliphatic hydroxyl groups excluding tert-OH is 1. The van der Waals surface area contributed by atoms with Crippen molar-refractivity contribution < 1.29 is 42.2 Å². The van der Waals surface area contributed by atoms with E-state index >= 15 is 0 Å². The van der Waals surface area contributed by atoms with Gasteiger partial charge in [0.15, 0.2) is 0 Å². The minimum Gasteiger partial charge on any atom is -0.478 e. The number of hydrogen-bond acceptors (Lipinski definition) is 7. The van der Waals surface area contributed by atoms with Crippen molar-refractivity contribution in [3.8, 4) is 0 Å². The van der Waals surface area contributed by atoms with Crippen LogP contribution >= 0.6 is 0 Å². The molecule has 0 aliphatic carbocycles. The van der Waals surface area contributed by atoms with E-state index in [0.29, 0.717) is 0 Å². The van der Waals surface area contributed by atoms with Crippen LogP contribution in [-0.4, -0.2) is 62.1 Å². The molecule has 1 aromatic rings. The highest BCUT2D eigenvalue weighted by atomic mass is 32.2. The molecule has 0 atom stereocenters. The Balaban J connectivity index is 3.02. The highest BCUT2D eigenvalue weighted by Gasteiger charge is 2.25. The summed E-state index contributed by atoms with van der Waals surface area (Å²) in [7, 11) is -4.47. The standard InChI is InChI=1S/C12H14O9S/c13-3-4-20-5-6-21-22(18,19)10-7-8(11(14)15)1-2-9(10)12(16)17/h1-2,7,13H,3-6H2,(H,14,15)(H,16,17). The third-order valence-corrected chi connectivity index (χ3v) is 3.78. The van der Waals surface area contributed by atoms with E-state index in [1.807, 2.05) is 0 Å². The van der Waals surface area contributed by atoms with Crippen molar-refractivity contribution >= 4 is 22.1 Å². The highest BCUT2D eigenvalue weighted by molar-refractivity contribution is 7.86. The normalized spacial score (nSPS) is 11.3. The van der Waals surface area contributed by atoms with Crippen molar-refractivity contribution in [1.29, 1.82) is 0 Å². The lowest BCUT2D eigenvalue weighted by atomic mass is 10.1. The second kappa shape index (κ2) is 7.84. The zero-order valence-corrected chi connectivity index (χ0v) is 12.1. The van der Waals surface area contributed by atoms with Crippen LogP contribution in [0.2, 0.25) is 0 Å². The van der Waals surface area contributed by atoms with Gasteiger partial charge in [-0.1, -0.05) is 0 Å². The summed E-state index contributed by atoms with van der Waals surface area (Å²) in [4.78, 5) is 21.2. The molecule has 122 valence electrons. The summed E-state index contributed by atoms with van der Waals surface area (Å²) in [5.41, 5.74) is -0.981. The van der Waals surface area contributed by atoms with Crippen LogP contribution in [0, 0.1) is 0 Å². The average molecular weight is 334 g/mol. The summed E-state index contributed by atoms with van der Waals surface area (Å²) in [6, 6.07) is 2.58. The first-order valence-corrected chi connectivity index (χ1v) is 7.39. The second-order valence-electron chi connectivity index (χ2n) is 3.93. The monoisotopic (exact) mass is 334 g/mol. The number of hydrogen-bond donors (Lipinski definition) is 3. The van der Waals surface area contributed by atoms with Crippen LogP contribution in [-0.2, 0) is 19.0 Å². The summed E-state index contributed by atoms with van der Waals surface area (Å²) >= 11 is 0. The highest BCUT2D eigenvalue weighted by Crippen LogP contribution is 2.20. The van der Waals surface area contributed by atoms with Crippen molar-refractivity contribution in [3.05, 3.63) is 29.3 Å². The predicted molar refractivity (Wildman–Crippen MR) is 71.4 cm³/mol. The van der Waals surface area contributed by atoms with Gasteiger partial charge in [-0.2, -0.15) is 8.42 Å². The van der Waals surface area contributed by atoms with Crippen molar-refractivity contribution in [2.45, 2.75) is 4.90 Å². The van der Waals surface area contributed by atoms with Crippen LogP contribution in [0.25, 0.3) is 0 Å². The zero-order chi connectivity index (χ0) is 16.8. The maximum Gasteiger partial charge on any atom is 0.337 e. The van der Waals surface area contributed by atoms with E-state index in [1.54, 1.807) is 0 Å².